The third-order valence-electron chi connectivity index (χ3n) is 4.27. The zero-order valence-corrected chi connectivity index (χ0v) is 13.9. The number of hydrogen-bond acceptors (Lipinski definition) is 4. The Labute approximate surface area is 131 Å². The fraction of sp³-hybridized carbons (Fsp3) is 0.500. The summed E-state index contributed by atoms with van der Waals surface area (Å²) in [6.45, 7) is 0.397. The molecule has 2 rings (SSSR count). The number of nitrogens with one attached hydrogen (secondary N) is 1. The van der Waals surface area contributed by atoms with Crippen LogP contribution in [0.15, 0.2) is 29.2 Å². The van der Waals surface area contributed by atoms with Crippen molar-refractivity contribution in [1.29, 1.82) is 0 Å². The summed E-state index contributed by atoms with van der Waals surface area (Å²) in [4.78, 5) is 2.33. The van der Waals surface area contributed by atoms with Crippen molar-refractivity contribution < 1.29 is 8.42 Å². The highest BCUT2D eigenvalue weighted by Crippen LogP contribution is 2.35. The first-order chi connectivity index (χ1) is 9.78. The maximum Gasteiger partial charge on any atom is 0.241 e. The summed E-state index contributed by atoms with van der Waals surface area (Å²) in [6.07, 6.45) is 3.13. The van der Waals surface area contributed by atoms with E-state index in [-0.39, 0.29) is 15.4 Å². The van der Waals surface area contributed by atoms with Crippen molar-refractivity contribution in [2.45, 2.75) is 29.7 Å². The fourth-order valence-electron chi connectivity index (χ4n) is 2.58. The van der Waals surface area contributed by atoms with E-state index in [1.165, 1.54) is 6.07 Å². The molecular formula is C14H21N3O2S2. The van der Waals surface area contributed by atoms with Gasteiger partial charge in [-0.25, -0.2) is 13.1 Å². The van der Waals surface area contributed by atoms with E-state index in [1.807, 2.05) is 14.1 Å². The molecular weight excluding hydrogens is 306 g/mol. The van der Waals surface area contributed by atoms with Gasteiger partial charge in [0.25, 0.3) is 0 Å². The molecule has 21 heavy (non-hydrogen) atoms. The van der Waals surface area contributed by atoms with Crippen LogP contribution in [0, 0.1) is 0 Å². The summed E-state index contributed by atoms with van der Waals surface area (Å²) in [7, 11) is 0.342. The standard InChI is InChI=1S/C14H21N3O2S2/c1-17(2)14(8-5-9-14)10-16-21(18,19)12-7-4-3-6-11(12)13(15)20/h3-4,6-7,16H,5,8-10H2,1-2H3,(H2,15,20). The number of likely N-dealkylation sites (N-methyl/N-ethyl adjacent to an activating group) is 1. The average Bonchev–Trinajstić information content (AvgIpc) is 2.36. The monoisotopic (exact) mass is 327 g/mol. The van der Waals surface area contributed by atoms with Gasteiger partial charge in [-0.2, -0.15) is 0 Å². The lowest BCUT2D eigenvalue weighted by molar-refractivity contribution is 0.0657. The highest BCUT2D eigenvalue weighted by Gasteiger charge is 2.40. The first kappa shape index (κ1) is 16.4. The number of sulfonamides is 1. The minimum atomic E-state index is -3.62. The molecule has 116 valence electrons. The van der Waals surface area contributed by atoms with Gasteiger partial charge >= 0.3 is 0 Å². The topological polar surface area (TPSA) is 75.4 Å². The summed E-state index contributed by atoms with van der Waals surface area (Å²) in [5, 5.41) is 0. The van der Waals surface area contributed by atoms with E-state index in [0.29, 0.717) is 12.1 Å². The molecule has 0 spiro atoms. The van der Waals surface area contributed by atoms with Crippen LogP contribution in [0.1, 0.15) is 24.8 Å². The molecule has 0 aromatic heterocycles. The first-order valence-electron chi connectivity index (χ1n) is 6.84. The van der Waals surface area contributed by atoms with E-state index in [9.17, 15) is 8.42 Å². The summed E-state index contributed by atoms with van der Waals surface area (Å²) in [5.41, 5.74) is 5.91. The van der Waals surface area contributed by atoms with Crippen LogP contribution in [0.5, 0.6) is 0 Å². The van der Waals surface area contributed by atoms with Crippen molar-refractivity contribution in [1.82, 2.24) is 9.62 Å². The largest absolute Gasteiger partial charge is 0.389 e. The lowest BCUT2D eigenvalue weighted by atomic mass is 9.76. The lowest BCUT2D eigenvalue weighted by Crippen LogP contribution is -2.57. The highest BCUT2D eigenvalue weighted by atomic mass is 32.2. The Morgan fingerprint density at radius 1 is 1.38 bits per heavy atom. The predicted octanol–water partition coefficient (Wildman–Crippen LogP) is 1.08. The molecule has 1 aliphatic rings. The normalized spacial score (nSPS) is 17.5. The third kappa shape index (κ3) is 3.26. The van der Waals surface area contributed by atoms with E-state index >= 15 is 0 Å². The molecule has 0 bridgehead atoms. The summed E-state index contributed by atoms with van der Waals surface area (Å²) in [5.74, 6) is 0. The highest BCUT2D eigenvalue weighted by molar-refractivity contribution is 7.89. The van der Waals surface area contributed by atoms with E-state index in [1.54, 1.807) is 18.2 Å². The Hall–Kier alpha value is -1.02. The van der Waals surface area contributed by atoms with Crippen LogP contribution < -0.4 is 10.5 Å². The second-order valence-corrected chi connectivity index (χ2v) is 7.83. The van der Waals surface area contributed by atoms with Gasteiger partial charge in [0.1, 0.15) is 4.99 Å². The van der Waals surface area contributed by atoms with Crippen molar-refractivity contribution >= 4 is 27.2 Å². The van der Waals surface area contributed by atoms with Crippen LogP contribution in [0.4, 0.5) is 0 Å². The van der Waals surface area contributed by atoms with Crippen molar-refractivity contribution in [2.24, 2.45) is 5.73 Å². The Kier molecular flexibility index (Phi) is 4.67. The maximum absolute atomic E-state index is 12.5. The van der Waals surface area contributed by atoms with Gasteiger partial charge < -0.3 is 10.6 Å². The summed E-state index contributed by atoms with van der Waals surface area (Å²) in [6, 6.07) is 6.55. The van der Waals surface area contributed by atoms with E-state index in [0.717, 1.165) is 19.3 Å². The van der Waals surface area contributed by atoms with Crippen LogP contribution in [0.3, 0.4) is 0 Å². The van der Waals surface area contributed by atoms with Gasteiger partial charge in [0.15, 0.2) is 0 Å². The molecule has 0 amide bonds. The van der Waals surface area contributed by atoms with Gasteiger partial charge in [-0.05, 0) is 39.4 Å². The first-order valence-corrected chi connectivity index (χ1v) is 8.74. The van der Waals surface area contributed by atoms with Crippen molar-refractivity contribution in [2.75, 3.05) is 20.6 Å². The predicted molar refractivity (Wildman–Crippen MR) is 87.8 cm³/mol. The fourth-order valence-corrected chi connectivity index (χ4v) is 4.16. The Bertz CT molecular complexity index is 637. The number of hydrogen-bond donors (Lipinski definition) is 2. The maximum atomic E-state index is 12.5. The van der Waals surface area contributed by atoms with Gasteiger partial charge in [0, 0.05) is 17.6 Å². The van der Waals surface area contributed by atoms with E-state index in [2.05, 4.69) is 9.62 Å². The second-order valence-electron chi connectivity index (χ2n) is 5.66. The molecule has 0 atom stereocenters. The lowest BCUT2D eigenvalue weighted by Gasteiger charge is -2.47. The average molecular weight is 327 g/mol. The number of rotatable bonds is 6. The van der Waals surface area contributed by atoms with E-state index < -0.39 is 10.0 Å². The zero-order chi connectivity index (χ0) is 15.7. The van der Waals surface area contributed by atoms with Gasteiger partial charge in [0.2, 0.25) is 10.0 Å². The van der Waals surface area contributed by atoms with E-state index in [4.69, 9.17) is 18.0 Å². The van der Waals surface area contributed by atoms with Gasteiger partial charge in [-0.1, -0.05) is 30.4 Å². The molecule has 1 fully saturated rings. The molecule has 1 aromatic carbocycles. The Balaban J connectivity index is 2.22. The van der Waals surface area contributed by atoms with Crippen molar-refractivity contribution in [3.8, 4) is 0 Å². The molecule has 5 nitrogen and oxygen atoms in total. The molecule has 0 unspecified atom stereocenters. The van der Waals surface area contributed by atoms with Gasteiger partial charge in [-0.15, -0.1) is 0 Å². The minimum absolute atomic E-state index is 0.0781. The van der Waals surface area contributed by atoms with Crippen molar-refractivity contribution in [3.63, 3.8) is 0 Å². The van der Waals surface area contributed by atoms with Crippen LogP contribution in [-0.4, -0.2) is 44.5 Å². The van der Waals surface area contributed by atoms with Crippen LogP contribution in [0.2, 0.25) is 0 Å². The molecule has 1 aromatic rings. The molecule has 7 heteroatoms. The number of nitrogens with two attached hydrogens (primary N) is 1. The van der Waals surface area contributed by atoms with Crippen LogP contribution >= 0.6 is 12.2 Å². The number of thiocarbonyl (C=S) groups is 1. The molecule has 0 heterocycles. The number of nitrogens with zero attached hydrogens (tertiary/aromatic N) is 1. The summed E-state index contributed by atoms with van der Waals surface area (Å²) >= 11 is 4.93. The number of benzene rings is 1. The Morgan fingerprint density at radius 3 is 2.48 bits per heavy atom. The molecule has 0 radical (unpaired) electrons. The third-order valence-corrected chi connectivity index (χ3v) is 5.95. The molecule has 1 saturated carbocycles. The van der Waals surface area contributed by atoms with Gasteiger partial charge in [-0.3, -0.25) is 0 Å². The zero-order valence-electron chi connectivity index (χ0n) is 12.3. The molecule has 0 saturated heterocycles. The Morgan fingerprint density at radius 2 is 2.00 bits per heavy atom. The van der Waals surface area contributed by atoms with Crippen molar-refractivity contribution in [3.05, 3.63) is 29.8 Å². The molecule has 0 aliphatic heterocycles. The van der Waals surface area contributed by atoms with Gasteiger partial charge in [0.05, 0.1) is 4.90 Å². The second kappa shape index (κ2) is 6.00. The van der Waals surface area contributed by atoms with Crippen LogP contribution in [-0.2, 0) is 10.0 Å². The molecule has 1 aliphatic carbocycles. The molecule has 3 N–H and O–H groups in total. The quantitative estimate of drug-likeness (QED) is 0.765. The van der Waals surface area contributed by atoms with Crippen LogP contribution in [0.25, 0.3) is 0 Å². The minimum Gasteiger partial charge on any atom is -0.389 e. The summed E-state index contributed by atoms with van der Waals surface area (Å²) < 4.78 is 27.8. The smallest absolute Gasteiger partial charge is 0.241 e. The SMILES string of the molecule is CN(C)C1(CNS(=O)(=O)c2ccccc2C(N)=S)CCC1.